The maximum atomic E-state index is 12.9. The first kappa shape index (κ1) is 33.2. The topological polar surface area (TPSA) is 57.8 Å². The number of aromatic nitrogens is 2. The minimum Gasteiger partial charge on any atom is -0.312 e. The molecule has 2 aliphatic rings. The maximum Gasteiger partial charge on any atom is 0.416 e. The molecule has 252 valence electrons. The molecule has 1 aromatic heterocycles. The van der Waals surface area contributed by atoms with Crippen molar-refractivity contribution in [2.45, 2.75) is 51.2 Å². The van der Waals surface area contributed by atoms with Crippen LogP contribution in [0.15, 0.2) is 132 Å². The average molecular weight is 670 g/mol. The summed E-state index contributed by atoms with van der Waals surface area (Å²) in [6.07, 6.45) is 8.05. The van der Waals surface area contributed by atoms with Crippen molar-refractivity contribution in [1.29, 1.82) is 0 Å². The number of halogens is 3. The number of hydrogen-bond donors (Lipinski definition) is 2. The van der Waals surface area contributed by atoms with Crippen LogP contribution in [0.3, 0.4) is 0 Å². The second-order valence-electron chi connectivity index (χ2n) is 13.0. The molecule has 7 heteroatoms. The normalized spacial score (nSPS) is 13.9. The van der Waals surface area contributed by atoms with E-state index in [1.807, 2.05) is 18.2 Å². The Morgan fingerprint density at radius 2 is 1.58 bits per heavy atom. The van der Waals surface area contributed by atoms with Gasteiger partial charge in [-0.2, -0.15) is 18.3 Å². The number of nitrogens with one attached hydrogen (secondary N) is 2. The number of hydrogen-bond acceptors (Lipinski definition) is 3. The molecule has 1 heterocycles. The monoisotopic (exact) mass is 669 g/mol. The van der Waals surface area contributed by atoms with E-state index in [0.717, 1.165) is 37.1 Å². The Morgan fingerprint density at radius 3 is 2.42 bits per heavy atom. The first-order valence-corrected chi connectivity index (χ1v) is 17.1. The molecular formula is C43H38F3N3O. The van der Waals surface area contributed by atoms with Gasteiger partial charge in [0, 0.05) is 17.3 Å². The van der Waals surface area contributed by atoms with Gasteiger partial charge in [-0.15, -0.1) is 0 Å². The minimum atomic E-state index is -4.30. The molecule has 0 saturated heterocycles. The van der Waals surface area contributed by atoms with Crippen LogP contribution in [0.4, 0.5) is 13.2 Å². The van der Waals surface area contributed by atoms with E-state index in [0.29, 0.717) is 30.5 Å². The molecule has 0 fully saturated rings. The minimum absolute atomic E-state index is 0.136. The van der Waals surface area contributed by atoms with E-state index in [9.17, 15) is 18.0 Å². The van der Waals surface area contributed by atoms with E-state index in [-0.39, 0.29) is 5.56 Å². The highest BCUT2D eigenvalue weighted by atomic mass is 19.4. The summed E-state index contributed by atoms with van der Waals surface area (Å²) in [6.45, 7) is 1.31. The molecule has 0 spiro atoms. The van der Waals surface area contributed by atoms with Crippen molar-refractivity contribution < 1.29 is 13.2 Å². The van der Waals surface area contributed by atoms with Crippen molar-refractivity contribution in [3.63, 3.8) is 0 Å². The summed E-state index contributed by atoms with van der Waals surface area (Å²) in [5, 5.41) is 13.7. The van der Waals surface area contributed by atoms with Crippen LogP contribution >= 0.6 is 0 Å². The summed E-state index contributed by atoms with van der Waals surface area (Å²) in [4.78, 5) is 11.1. The lowest BCUT2D eigenvalue weighted by Crippen LogP contribution is -2.17. The van der Waals surface area contributed by atoms with Crippen molar-refractivity contribution in [1.82, 2.24) is 15.5 Å². The molecule has 2 aliphatic carbocycles. The van der Waals surface area contributed by atoms with E-state index < -0.39 is 11.7 Å². The van der Waals surface area contributed by atoms with Gasteiger partial charge in [0.2, 0.25) is 0 Å². The SMILES string of the molecule is FC(F)(F)c1cccc(CCNCc2ccc(Cc3cccc4ccc5c(c34)CCC3=C5C=CCC3)cc2)c1.O=c1[nH]ncc2ccccc12. The first-order valence-electron chi connectivity index (χ1n) is 17.1. The smallest absolute Gasteiger partial charge is 0.312 e. The Bertz CT molecular complexity index is 2260. The van der Waals surface area contributed by atoms with Crippen molar-refractivity contribution in [2.24, 2.45) is 0 Å². The molecule has 0 saturated carbocycles. The van der Waals surface area contributed by atoms with Crippen LogP contribution in [0.25, 0.3) is 27.1 Å². The van der Waals surface area contributed by atoms with Crippen molar-refractivity contribution in [2.75, 3.05) is 6.54 Å². The standard InChI is InChI=1S/C35H32F3N.C8H6N2O/c36-35(37,38)30-9-3-5-24(22-30)19-20-39-23-26-13-11-25(12-14-26)21-29-8-4-7-28-16-17-32-31-10-2-1-6-27(31)15-18-33(32)34(28)29;11-8-7-4-2-1-3-6(7)5-9-10-8/h2-5,7-14,16-17,22,39H,1,6,15,18-21,23H2;1-5H,(H,10,11). The molecule has 2 N–H and O–H groups in total. The quantitative estimate of drug-likeness (QED) is 0.167. The van der Waals surface area contributed by atoms with Gasteiger partial charge >= 0.3 is 6.18 Å². The van der Waals surface area contributed by atoms with E-state index in [4.69, 9.17) is 0 Å². The van der Waals surface area contributed by atoms with Crippen LogP contribution in [0.5, 0.6) is 0 Å². The van der Waals surface area contributed by atoms with Gasteiger partial charge in [0.25, 0.3) is 5.56 Å². The predicted molar refractivity (Wildman–Crippen MR) is 196 cm³/mol. The van der Waals surface area contributed by atoms with Crippen LogP contribution in [-0.2, 0) is 32.0 Å². The zero-order valence-electron chi connectivity index (χ0n) is 27.7. The molecule has 0 aliphatic heterocycles. The van der Waals surface area contributed by atoms with Gasteiger partial charge in [0.05, 0.1) is 11.8 Å². The average Bonchev–Trinajstić information content (AvgIpc) is 3.14. The molecule has 5 aromatic carbocycles. The van der Waals surface area contributed by atoms with Crippen molar-refractivity contribution in [3.05, 3.63) is 176 Å². The molecule has 0 bridgehead atoms. The summed E-state index contributed by atoms with van der Waals surface area (Å²) >= 11 is 0. The third-order valence-corrected chi connectivity index (χ3v) is 9.65. The highest BCUT2D eigenvalue weighted by Gasteiger charge is 2.30. The molecule has 6 aromatic rings. The first-order chi connectivity index (χ1) is 24.3. The Hall–Kier alpha value is -5.27. The number of nitrogens with zero attached hydrogens (tertiary/aromatic N) is 1. The molecule has 0 radical (unpaired) electrons. The van der Waals surface area contributed by atoms with Gasteiger partial charge < -0.3 is 5.32 Å². The number of rotatable bonds is 7. The molecule has 0 amide bonds. The highest BCUT2D eigenvalue weighted by molar-refractivity contribution is 5.96. The highest BCUT2D eigenvalue weighted by Crippen LogP contribution is 2.41. The van der Waals surface area contributed by atoms with E-state index >= 15 is 0 Å². The van der Waals surface area contributed by atoms with Gasteiger partial charge in [-0.25, -0.2) is 5.10 Å². The second-order valence-corrected chi connectivity index (χ2v) is 13.0. The number of aromatic amines is 1. The molecule has 0 atom stereocenters. The zero-order chi connectivity index (χ0) is 34.5. The molecule has 8 rings (SSSR count). The third kappa shape index (κ3) is 7.48. The summed E-state index contributed by atoms with van der Waals surface area (Å²) < 4.78 is 38.8. The van der Waals surface area contributed by atoms with E-state index in [1.165, 1.54) is 62.7 Å². The lowest BCUT2D eigenvalue weighted by molar-refractivity contribution is -0.137. The Balaban J connectivity index is 0.000000302. The predicted octanol–water partition coefficient (Wildman–Crippen LogP) is 9.75. The van der Waals surface area contributed by atoms with Crippen LogP contribution in [0.2, 0.25) is 0 Å². The van der Waals surface area contributed by atoms with Crippen molar-refractivity contribution in [3.8, 4) is 0 Å². The molecule has 4 nitrogen and oxygen atoms in total. The Morgan fingerprint density at radius 1 is 0.780 bits per heavy atom. The Kier molecular flexibility index (Phi) is 9.76. The molecular weight excluding hydrogens is 631 g/mol. The number of benzene rings is 5. The second kappa shape index (κ2) is 14.7. The van der Waals surface area contributed by atoms with Gasteiger partial charge in [0.15, 0.2) is 0 Å². The number of allylic oxidation sites excluding steroid dienone is 4. The van der Waals surface area contributed by atoms with Gasteiger partial charge in [-0.1, -0.05) is 109 Å². The summed E-state index contributed by atoms with van der Waals surface area (Å²) in [5.74, 6) is 0. The lowest BCUT2D eigenvalue weighted by atomic mass is 9.78. The van der Waals surface area contributed by atoms with Gasteiger partial charge in [0.1, 0.15) is 0 Å². The molecule has 0 unspecified atom stereocenters. The van der Waals surface area contributed by atoms with Crippen LogP contribution in [-0.4, -0.2) is 16.7 Å². The number of aryl methyl sites for hydroxylation is 1. The van der Waals surface area contributed by atoms with E-state index in [2.05, 4.69) is 82.3 Å². The maximum absolute atomic E-state index is 12.9. The largest absolute Gasteiger partial charge is 0.416 e. The Labute approximate surface area is 289 Å². The number of H-pyrrole nitrogens is 1. The van der Waals surface area contributed by atoms with Gasteiger partial charge in [-0.3, -0.25) is 4.79 Å². The molecule has 50 heavy (non-hydrogen) atoms. The van der Waals surface area contributed by atoms with E-state index in [1.54, 1.807) is 23.9 Å². The van der Waals surface area contributed by atoms with Crippen molar-refractivity contribution >= 4 is 27.1 Å². The number of fused-ring (bicyclic) bond motifs is 5. The van der Waals surface area contributed by atoms with Crippen LogP contribution in [0.1, 0.15) is 58.2 Å². The van der Waals surface area contributed by atoms with Crippen LogP contribution in [0, 0.1) is 0 Å². The van der Waals surface area contributed by atoms with Gasteiger partial charge in [-0.05, 0) is 107 Å². The van der Waals surface area contributed by atoms with Crippen LogP contribution < -0.4 is 10.9 Å². The lowest BCUT2D eigenvalue weighted by Gasteiger charge is -2.26. The summed E-state index contributed by atoms with van der Waals surface area (Å²) in [7, 11) is 0. The fourth-order valence-corrected chi connectivity index (χ4v) is 7.12. The number of alkyl halides is 3. The zero-order valence-corrected chi connectivity index (χ0v) is 27.7. The summed E-state index contributed by atoms with van der Waals surface area (Å²) in [5.41, 5.74) is 9.76. The fourth-order valence-electron chi connectivity index (χ4n) is 7.12. The fraction of sp³-hybridized carbons (Fsp3) is 0.209. The third-order valence-electron chi connectivity index (χ3n) is 9.65. The summed E-state index contributed by atoms with van der Waals surface area (Å²) in [6, 6.07) is 32.9.